The number of methoxy groups -OCH3 is 1. The van der Waals surface area contributed by atoms with E-state index in [0.717, 1.165) is 10.3 Å². The second kappa shape index (κ2) is 8.69. The summed E-state index contributed by atoms with van der Waals surface area (Å²) in [5.74, 6) is 0.552. The standard InChI is InChI=1S/C22H17N5O3S/c1-30-16-7-3-5-14(9-16)21(29)25-20-18-10-17(31-22(18)27-26-20)11-19(28)24-15-6-2-4-13(8-15)12-23/h2-10H,11H2,1H3,(H,24,28)(H2,25,26,27,29). The van der Waals surface area contributed by atoms with E-state index in [0.29, 0.717) is 33.2 Å². The van der Waals surface area contributed by atoms with Crippen LogP contribution >= 0.6 is 11.3 Å². The summed E-state index contributed by atoms with van der Waals surface area (Å²) in [6.45, 7) is 0. The Morgan fingerprint density at radius 2 is 2.00 bits per heavy atom. The molecule has 0 aliphatic carbocycles. The van der Waals surface area contributed by atoms with Crippen molar-refractivity contribution in [3.63, 3.8) is 0 Å². The smallest absolute Gasteiger partial charge is 0.256 e. The lowest BCUT2D eigenvalue weighted by molar-refractivity contribution is -0.115. The van der Waals surface area contributed by atoms with Crippen molar-refractivity contribution in [1.29, 1.82) is 5.26 Å². The molecule has 3 N–H and O–H groups in total. The number of amides is 2. The zero-order chi connectivity index (χ0) is 21.8. The lowest BCUT2D eigenvalue weighted by Crippen LogP contribution is -2.13. The number of aromatic nitrogens is 2. The van der Waals surface area contributed by atoms with E-state index in [9.17, 15) is 9.59 Å². The molecule has 0 saturated heterocycles. The zero-order valence-electron chi connectivity index (χ0n) is 16.4. The fourth-order valence-electron chi connectivity index (χ4n) is 3.02. The predicted molar refractivity (Wildman–Crippen MR) is 118 cm³/mol. The molecule has 0 aliphatic heterocycles. The van der Waals surface area contributed by atoms with E-state index in [-0.39, 0.29) is 18.2 Å². The summed E-state index contributed by atoms with van der Waals surface area (Å²) in [7, 11) is 1.54. The van der Waals surface area contributed by atoms with Crippen LogP contribution in [0, 0.1) is 11.3 Å². The van der Waals surface area contributed by atoms with Gasteiger partial charge in [-0.25, -0.2) is 0 Å². The molecule has 0 atom stereocenters. The number of carbonyl (C=O) groups is 2. The highest BCUT2D eigenvalue weighted by Gasteiger charge is 2.16. The molecule has 2 amide bonds. The zero-order valence-corrected chi connectivity index (χ0v) is 17.2. The van der Waals surface area contributed by atoms with Gasteiger partial charge in [0.1, 0.15) is 16.4 Å². The molecular formula is C22H17N5O3S. The van der Waals surface area contributed by atoms with Gasteiger partial charge < -0.3 is 15.4 Å². The quantitative estimate of drug-likeness (QED) is 0.427. The first-order valence-electron chi connectivity index (χ1n) is 9.28. The lowest BCUT2D eigenvalue weighted by atomic mass is 10.2. The number of hydrogen-bond donors (Lipinski definition) is 3. The molecule has 0 saturated carbocycles. The molecule has 0 bridgehead atoms. The Kier molecular flexibility index (Phi) is 5.64. The molecule has 31 heavy (non-hydrogen) atoms. The Morgan fingerprint density at radius 3 is 2.81 bits per heavy atom. The number of nitriles is 1. The SMILES string of the molecule is COc1cccc(C(=O)Nc2[nH]nc3sc(CC(=O)Nc4cccc(C#N)c4)cc23)c1. The lowest BCUT2D eigenvalue weighted by Gasteiger charge is -2.05. The summed E-state index contributed by atoms with van der Waals surface area (Å²) < 4.78 is 5.15. The predicted octanol–water partition coefficient (Wildman–Crippen LogP) is 3.94. The van der Waals surface area contributed by atoms with Gasteiger partial charge in [0, 0.05) is 16.1 Å². The molecule has 2 aromatic heterocycles. The average molecular weight is 431 g/mol. The maximum atomic E-state index is 12.6. The third-order valence-electron chi connectivity index (χ3n) is 4.48. The Hall–Kier alpha value is -4.16. The third-order valence-corrected chi connectivity index (χ3v) is 5.51. The number of H-pyrrole nitrogens is 1. The number of aromatic amines is 1. The highest BCUT2D eigenvalue weighted by molar-refractivity contribution is 7.18. The van der Waals surface area contributed by atoms with Gasteiger partial charge in [-0.1, -0.05) is 12.1 Å². The monoisotopic (exact) mass is 431 g/mol. The molecule has 0 unspecified atom stereocenters. The van der Waals surface area contributed by atoms with Gasteiger partial charge in [0.15, 0.2) is 0 Å². The maximum Gasteiger partial charge on any atom is 0.256 e. The molecule has 4 rings (SSSR count). The van der Waals surface area contributed by atoms with E-state index >= 15 is 0 Å². The number of rotatable bonds is 6. The van der Waals surface area contributed by atoms with Crippen LogP contribution in [-0.4, -0.2) is 29.1 Å². The van der Waals surface area contributed by atoms with Crippen LogP contribution in [0.15, 0.2) is 54.6 Å². The minimum atomic E-state index is -0.299. The van der Waals surface area contributed by atoms with E-state index in [1.807, 2.05) is 12.1 Å². The molecule has 0 aliphatic rings. The van der Waals surface area contributed by atoms with Crippen molar-refractivity contribution < 1.29 is 14.3 Å². The third kappa shape index (κ3) is 4.55. The van der Waals surface area contributed by atoms with Gasteiger partial charge in [-0.2, -0.15) is 10.4 Å². The Labute approximate surface area is 181 Å². The van der Waals surface area contributed by atoms with E-state index < -0.39 is 0 Å². The number of anilines is 2. The highest BCUT2D eigenvalue weighted by atomic mass is 32.1. The minimum absolute atomic E-state index is 0.154. The van der Waals surface area contributed by atoms with Crippen molar-refractivity contribution in [3.8, 4) is 11.8 Å². The van der Waals surface area contributed by atoms with Crippen molar-refractivity contribution in [2.45, 2.75) is 6.42 Å². The van der Waals surface area contributed by atoms with Crippen molar-refractivity contribution in [1.82, 2.24) is 10.2 Å². The number of thiophene rings is 1. The van der Waals surface area contributed by atoms with E-state index in [1.165, 1.54) is 11.3 Å². The summed E-state index contributed by atoms with van der Waals surface area (Å²) in [4.78, 5) is 26.5. The molecule has 4 aromatic rings. The summed E-state index contributed by atoms with van der Waals surface area (Å²) >= 11 is 1.37. The summed E-state index contributed by atoms with van der Waals surface area (Å²) in [5, 5.41) is 22.3. The van der Waals surface area contributed by atoms with Crippen LogP contribution in [0.5, 0.6) is 5.75 Å². The molecule has 0 fully saturated rings. The van der Waals surface area contributed by atoms with E-state index in [4.69, 9.17) is 10.00 Å². The summed E-state index contributed by atoms with van der Waals surface area (Å²) in [6, 6.07) is 17.4. The van der Waals surface area contributed by atoms with Crippen LogP contribution in [-0.2, 0) is 11.2 Å². The van der Waals surface area contributed by atoms with Crippen LogP contribution in [0.2, 0.25) is 0 Å². The number of benzene rings is 2. The Bertz CT molecular complexity index is 1320. The molecule has 0 spiro atoms. The number of nitrogens with zero attached hydrogens (tertiary/aromatic N) is 2. The molecule has 9 heteroatoms. The number of ether oxygens (including phenoxy) is 1. The second-order valence-corrected chi connectivity index (χ2v) is 7.75. The molecule has 154 valence electrons. The van der Waals surface area contributed by atoms with E-state index in [2.05, 4.69) is 20.8 Å². The van der Waals surface area contributed by atoms with Crippen molar-refractivity contribution in [2.24, 2.45) is 0 Å². The molecule has 8 nitrogen and oxygen atoms in total. The van der Waals surface area contributed by atoms with Crippen LogP contribution < -0.4 is 15.4 Å². The number of carbonyl (C=O) groups excluding carboxylic acids is 2. The summed E-state index contributed by atoms with van der Waals surface area (Å²) in [5.41, 5.74) is 1.50. The van der Waals surface area contributed by atoms with Gasteiger partial charge in [0.05, 0.1) is 30.5 Å². The number of nitrogens with one attached hydrogen (secondary N) is 3. The van der Waals surface area contributed by atoms with Gasteiger partial charge in [-0.15, -0.1) is 11.3 Å². The number of fused-ring (bicyclic) bond motifs is 1. The van der Waals surface area contributed by atoms with Gasteiger partial charge in [-0.3, -0.25) is 14.7 Å². The van der Waals surface area contributed by atoms with E-state index in [1.54, 1.807) is 55.6 Å². The minimum Gasteiger partial charge on any atom is -0.497 e. The summed E-state index contributed by atoms with van der Waals surface area (Å²) in [6.07, 6.45) is 0.154. The fraction of sp³-hybridized carbons (Fsp3) is 0.0909. The van der Waals surface area contributed by atoms with Crippen LogP contribution in [0.3, 0.4) is 0 Å². The highest BCUT2D eigenvalue weighted by Crippen LogP contribution is 2.30. The molecule has 2 heterocycles. The van der Waals surface area contributed by atoms with Crippen LogP contribution in [0.25, 0.3) is 10.2 Å². The normalized spacial score (nSPS) is 10.5. The maximum absolute atomic E-state index is 12.6. The second-order valence-electron chi connectivity index (χ2n) is 6.63. The average Bonchev–Trinajstić information content (AvgIpc) is 3.34. The largest absolute Gasteiger partial charge is 0.497 e. The van der Waals surface area contributed by atoms with Gasteiger partial charge in [0.25, 0.3) is 5.91 Å². The van der Waals surface area contributed by atoms with Crippen molar-refractivity contribution in [2.75, 3.05) is 17.7 Å². The Morgan fingerprint density at radius 1 is 1.16 bits per heavy atom. The first kappa shape index (κ1) is 20.1. The van der Waals surface area contributed by atoms with Crippen LogP contribution in [0.1, 0.15) is 20.8 Å². The molecule has 2 aromatic carbocycles. The van der Waals surface area contributed by atoms with Crippen molar-refractivity contribution >= 4 is 44.9 Å². The topological polar surface area (TPSA) is 120 Å². The van der Waals surface area contributed by atoms with Gasteiger partial charge in [0.2, 0.25) is 5.91 Å². The first-order valence-corrected chi connectivity index (χ1v) is 10.1. The van der Waals surface area contributed by atoms with Gasteiger partial charge >= 0.3 is 0 Å². The van der Waals surface area contributed by atoms with Gasteiger partial charge in [-0.05, 0) is 42.5 Å². The molecule has 0 radical (unpaired) electrons. The molecular weight excluding hydrogens is 414 g/mol. The fourth-order valence-corrected chi connectivity index (χ4v) is 4.01. The first-order chi connectivity index (χ1) is 15.1. The van der Waals surface area contributed by atoms with Crippen molar-refractivity contribution in [3.05, 3.63) is 70.6 Å². The number of hydrogen-bond acceptors (Lipinski definition) is 6. The van der Waals surface area contributed by atoms with Crippen LogP contribution in [0.4, 0.5) is 11.5 Å². The Balaban J connectivity index is 1.46.